The van der Waals surface area contributed by atoms with Crippen molar-refractivity contribution >= 4 is 23.1 Å². The average molecular weight is 542 g/mol. The minimum atomic E-state index is 0. The molecule has 4 nitrogen and oxygen atoms in total. The minimum Gasteiger partial charge on any atom is -0.300 e. The second kappa shape index (κ2) is 14.4. The van der Waals surface area contributed by atoms with Crippen molar-refractivity contribution in [2.24, 2.45) is 0 Å². The van der Waals surface area contributed by atoms with E-state index in [1.165, 1.54) is 12.8 Å². The van der Waals surface area contributed by atoms with Gasteiger partial charge in [0.05, 0.1) is 0 Å². The van der Waals surface area contributed by atoms with Crippen LogP contribution in [0.5, 0.6) is 0 Å². The van der Waals surface area contributed by atoms with Crippen molar-refractivity contribution in [3.05, 3.63) is 156 Å². The fourth-order valence-electron chi connectivity index (χ4n) is 3.03. The van der Waals surface area contributed by atoms with Gasteiger partial charge < -0.3 is 19.2 Å². The predicted octanol–water partition coefficient (Wildman–Crippen LogP) is 4.75. The molecule has 0 aliphatic carbocycles. The Morgan fingerprint density at radius 2 is 0.514 bits per heavy atom. The summed E-state index contributed by atoms with van der Waals surface area (Å²) in [6.07, 6.45) is 2.70. The molecular formula is C30H26O4Zr+2. The van der Waals surface area contributed by atoms with Crippen LogP contribution in [0.3, 0.4) is 0 Å². The van der Waals surface area contributed by atoms with Crippen molar-refractivity contribution in [3.8, 4) is 0 Å². The van der Waals surface area contributed by atoms with Crippen molar-refractivity contribution in [3.63, 3.8) is 0 Å². The Kier molecular flexibility index (Phi) is 11.3. The van der Waals surface area contributed by atoms with Gasteiger partial charge in [-0.25, -0.2) is 0 Å². The molecule has 172 valence electrons. The third-order valence-electron chi connectivity index (χ3n) is 4.83. The fourth-order valence-corrected chi connectivity index (χ4v) is 3.03. The van der Waals surface area contributed by atoms with Crippen molar-refractivity contribution in [1.29, 1.82) is 0 Å². The Bertz CT molecular complexity index is 1040. The molecule has 35 heavy (non-hydrogen) atoms. The summed E-state index contributed by atoms with van der Waals surface area (Å²) < 4.78 is 0. The maximum Gasteiger partial charge on any atom is 0.255 e. The van der Waals surface area contributed by atoms with Crippen molar-refractivity contribution in [2.45, 2.75) is 0 Å². The first-order valence-corrected chi connectivity index (χ1v) is 10.7. The van der Waals surface area contributed by atoms with Gasteiger partial charge in [-0.1, -0.05) is 72.8 Å². The Morgan fingerprint density at radius 1 is 0.343 bits per heavy atom. The van der Waals surface area contributed by atoms with Crippen LogP contribution in [-0.2, 0) is 26.2 Å². The normalized spacial score (nSPS) is 9.37. The molecule has 0 saturated heterocycles. The summed E-state index contributed by atoms with van der Waals surface area (Å²) in [5, 5.41) is 0. The number of benzene rings is 4. The molecular weight excluding hydrogens is 516 g/mol. The van der Waals surface area contributed by atoms with Gasteiger partial charge in [-0.3, -0.25) is 0 Å². The molecule has 0 heterocycles. The number of carbonyl (C=O) groups excluding carboxylic acids is 4. The number of hydrogen-bond acceptors (Lipinski definition) is 0. The summed E-state index contributed by atoms with van der Waals surface area (Å²) in [6.45, 7) is 0. The first-order valence-electron chi connectivity index (χ1n) is 10.7. The van der Waals surface area contributed by atoms with Crippen LogP contribution in [0.25, 0.3) is 0 Å². The quantitative estimate of drug-likeness (QED) is 0.133. The van der Waals surface area contributed by atoms with Gasteiger partial charge in [0.25, 0.3) is 23.1 Å². The van der Waals surface area contributed by atoms with E-state index in [1.54, 1.807) is 48.5 Å². The summed E-state index contributed by atoms with van der Waals surface area (Å²) in [4.78, 5) is 39.3. The Balaban J connectivity index is 0.000000240. The van der Waals surface area contributed by atoms with Crippen molar-refractivity contribution in [1.82, 2.24) is 0 Å². The average Bonchev–Trinajstić information content (AvgIpc) is 2.91. The van der Waals surface area contributed by atoms with Gasteiger partial charge in [-0.15, -0.1) is 48.5 Å². The standard InChI is InChI=1S/2C15H11O2.Zr/c2*16-14(12-7-3-1-4-8-12)11-15(17)13-9-5-2-6-10-13;/h2*1-11H;/q2*-1;/p+4. The third-order valence-corrected chi connectivity index (χ3v) is 4.83. The van der Waals surface area contributed by atoms with E-state index in [1.807, 2.05) is 72.8 Å². The SMILES string of the molecule is [OH+]=C([CH-]C(=[OH+])c1ccccc1)c1ccccc1.[OH+]=C([CH-]C(=[OH+])c1ccccc1)c1ccccc1.[Zr]. The van der Waals surface area contributed by atoms with Crippen LogP contribution >= 0.6 is 0 Å². The summed E-state index contributed by atoms with van der Waals surface area (Å²) in [5.74, 6) is 0.192. The first kappa shape index (κ1) is 27.4. The molecule has 0 aromatic heterocycles. The minimum absolute atomic E-state index is 0. The van der Waals surface area contributed by atoms with Gasteiger partial charge in [0.1, 0.15) is 0 Å². The molecule has 0 radical (unpaired) electrons. The molecule has 4 rings (SSSR count). The molecule has 0 saturated carbocycles. The second-order valence-electron chi connectivity index (χ2n) is 7.29. The van der Waals surface area contributed by atoms with Crippen LogP contribution in [0.4, 0.5) is 0 Å². The van der Waals surface area contributed by atoms with E-state index in [-0.39, 0.29) is 49.3 Å². The molecule has 4 aromatic rings. The zero-order valence-electron chi connectivity index (χ0n) is 19.0. The number of rotatable bonds is 8. The van der Waals surface area contributed by atoms with Crippen LogP contribution in [0.1, 0.15) is 22.3 Å². The van der Waals surface area contributed by atoms with E-state index < -0.39 is 0 Å². The summed E-state index contributed by atoms with van der Waals surface area (Å²) >= 11 is 0. The Morgan fingerprint density at radius 3 is 0.686 bits per heavy atom. The van der Waals surface area contributed by atoms with E-state index >= 15 is 0 Å². The Hall–Kier alpha value is -3.82. The maximum absolute atomic E-state index is 9.83. The zero-order valence-corrected chi connectivity index (χ0v) is 21.4. The Labute approximate surface area is 224 Å². The summed E-state index contributed by atoms with van der Waals surface area (Å²) in [5.41, 5.74) is 2.70. The van der Waals surface area contributed by atoms with Gasteiger partial charge in [0.2, 0.25) is 0 Å². The van der Waals surface area contributed by atoms with Crippen LogP contribution in [0, 0.1) is 12.8 Å². The second-order valence-corrected chi connectivity index (χ2v) is 7.29. The van der Waals surface area contributed by atoms with Gasteiger partial charge >= 0.3 is 0 Å². The molecule has 5 heteroatoms. The van der Waals surface area contributed by atoms with Crippen molar-refractivity contribution < 1.29 is 45.4 Å². The smallest absolute Gasteiger partial charge is 0.255 e. The van der Waals surface area contributed by atoms with Crippen LogP contribution in [0.15, 0.2) is 121 Å². The van der Waals surface area contributed by atoms with E-state index in [2.05, 4.69) is 0 Å². The largest absolute Gasteiger partial charge is 0.300 e. The topological polar surface area (TPSA) is 85.6 Å². The molecule has 0 aliphatic rings. The molecule has 4 aromatic carbocycles. The van der Waals surface area contributed by atoms with Gasteiger partial charge in [0.15, 0.2) is 0 Å². The monoisotopic (exact) mass is 540 g/mol. The van der Waals surface area contributed by atoms with Crippen molar-refractivity contribution in [2.75, 3.05) is 0 Å². The third kappa shape index (κ3) is 8.80. The van der Waals surface area contributed by atoms with E-state index in [9.17, 15) is 19.2 Å². The molecule has 4 N–H and O–H groups in total. The number of ketones is 4. The molecule has 0 fully saturated rings. The molecule has 0 amide bonds. The van der Waals surface area contributed by atoms with E-state index in [0.29, 0.717) is 22.3 Å². The molecule has 0 atom stereocenters. The van der Waals surface area contributed by atoms with Crippen LogP contribution in [-0.4, -0.2) is 42.3 Å². The van der Waals surface area contributed by atoms with Gasteiger partial charge in [-0.05, 0) is 22.3 Å². The van der Waals surface area contributed by atoms with E-state index in [0.717, 1.165) is 0 Å². The van der Waals surface area contributed by atoms with Crippen LogP contribution in [0.2, 0.25) is 0 Å². The first-order chi connectivity index (χ1) is 16.5. The summed E-state index contributed by atoms with van der Waals surface area (Å²) in [7, 11) is 0. The zero-order chi connectivity index (χ0) is 24.2. The van der Waals surface area contributed by atoms with Gasteiger partial charge in [0, 0.05) is 39.0 Å². The van der Waals surface area contributed by atoms with Crippen LogP contribution < -0.4 is 0 Å². The van der Waals surface area contributed by atoms with E-state index in [4.69, 9.17) is 0 Å². The fraction of sp³-hybridized carbons (Fsp3) is 0. The molecule has 0 aliphatic heterocycles. The maximum atomic E-state index is 9.83. The predicted molar refractivity (Wildman–Crippen MR) is 139 cm³/mol. The van der Waals surface area contributed by atoms with Gasteiger partial charge in [-0.2, -0.15) is 0 Å². The summed E-state index contributed by atoms with van der Waals surface area (Å²) in [6, 6.07) is 36.4. The number of hydrogen-bond donors (Lipinski definition) is 0. The molecule has 0 bridgehead atoms. The molecule has 0 spiro atoms. The molecule has 0 unspecified atom stereocenters.